The zero-order valence-electron chi connectivity index (χ0n) is 11.1. The van der Waals surface area contributed by atoms with Crippen LogP contribution in [-0.4, -0.2) is 17.9 Å². The number of carbonyl (C=O) groups excluding carboxylic acids is 1. The van der Waals surface area contributed by atoms with Crippen LogP contribution < -0.4 is 4.74 Å². The molecule has 0 radical (unpaired) electrons. The van der Waals surface area contributed by atoms with E-state index in [1.165, 1.54) is 0 Å². The predicted octanol–water partition coefficient (Wildman–Crippen LogP) is 4.82. The molecule has 0 saturated carbocycles. The minimum absolute atomic E-state index is 0.0491. The summed E-state index contributed by atoms with van der Waals surface area (Å²) < 4.78 is 5.92. The molecule has 0 aliphatic rings. The van der Waals surface area contributed by atoms with Gasteiger partial charge in [0.25, 0.3) is 0 Å². The molecule has 106 valence electrons. The number of ether oxygens (including phenoxy) is 1. The molecule has 0 amide bonds. The van der Waals surface area contributed by atoms with E-state index in [4.69, 9.17) is 16.3 Å². The summed E-state index contributed by atoms with van der Waals surface area (Å²) in [6.45, 7) is 0. The molecule has 0 spiro atoms. The molecule has 0 saturated heterocycles. The predicted molar refractivity (Wildman–Crippen MR) is 87.4 cm³/mol. The van der Waals surface area contributed by atoms with E-state index in [0.29, 0.717) is 21.9 Å². The van der Waals surface area contributed by atoms with Gasteiger partial charge in [0.05, 0.1) is 11.6 Å². The molecule has 0 aliphatic heterocycles. The summed E-state index contributed by atoms with van der Waals surface area (Å²) in [5.74, 6) is 0.643. The Hall–Kier alpha value is -1.78. The van der Waals surface area contributed by atoms with Crippen molar-refractivity contribution in [3.63, 3.8) is 0 Å². The Morgan fingerprint density at radius 2 is 2.05 bits per heavy atom. The van der Waals surface area contributed by atoms with Crippen molar-refractivity contribution in [1.29, 1.82) is 0 Å². The number of hydrogen-bond acceptors (Lipinski definition) is 2. The van der Waals surface area contributed by atoms with Gasteiger partial charge in [-0.2, -0.15) is 0 Å². The fourth-order valence-corrected chi connectivity index (χ4v) is 2.96. The lowest BCUT2D eigenvalue weighted by Crippen LogP contribution is -2.00. The number of halogens is 2. The summed E-state index contributed by atoms with van der Waals surface area (Å²) in [5, 5.41) is 1.49. The molecule has 1 heterocycles. The zero-order valence-corrected chi connectivity index (χ0v) is 13.5. The van der Waals surface area contributed by atoms with E-state index < -0.39 is 0 Å². The summed E-state index contributed by atoms with van der Waals surface area (Å²) >= 11 is 9.35. The van der Waals surface area contributed by atoms with E-state index in [9.17, 15) is 4.79 Å². The fourth-order valence-electron chi connectivity index (χ4n) is 2.25. The van der Waals surface area contributed by atoms with Gasteiger partial charge in [-0.1, -0.05) is 17.7 Å². The Balaban J connectivity index is 2.06. The normalized spacial score (nSPS) is 10.8. The van der Waals surface area contributed by atoms with Crippen LogP contribution in [0.15, 0.2) is 47.1 Å². The van der Waals surface area contributed by atoms with Gasteiger partial charge >= 0.3 is 0 Å². The van der Waals surface area contributed by atoms with Gasteiger partial charge in [0.1, 0.15) is 5.75 Å². The van der Waals surface area contributed by atoms with Crippen molar-refractivity contribution in [2.75, 3.05) is 7.11 Å². The molecule has 0 unspecified atom stereocenters. The average Bonchev–Trinajstić information content (AvgIpc) is 2.89. The van der Waals surface area contributed by atoms with Crippen LogP contribution in [0.3, 0.4) is 0 Å². The molecule has 5 heteroatoms. The molecule has 0 bridgehead atoms. The third-order valence-electron chi connectivity index (χ3n) is 3.30. The number of aromatic nitrogens is 1. The van der Waals surface area contributed by atoms with E-state index in [-0.39, 0.29) is 5.78 Å². The zero-order chi connectivity index (χ0) is 15.0. The summed E-state index contributed by atoms with van der Waals surface area (Å²) in [6.07, 6.45) is 1.71. The standard InChI is InChI=1S/C16H11BrClNO2/c1-21-15-5-2-9(6-13(15)17)16(20)12-8-19-14-7-10(18)3-4-11(12)14/h2-8,19H,1H3. The fraction of sp³-hybridized carbons (Fsp3) is 0.0625. The maximum absolute atomic E-state index is 12.6. The van der Waals surface area contributed by atoms with E-state index in [1.807, 2.05) is 6.07 Å². The van der Waals surface area contributed by atoms with Gasteiger partial charge in [-0.05, 0) is 46.3 Å². The summed E-state index contributed by atoms with van der Waals surface area (Å²) in [6, 6.07) is 10.7. The monoisotopic (exact) mass is 363 g/mol. The first-order valence-corrected chi connectivity index (χ1v) is 7.42. The number of ketones is 1. The number of carbonyl (C=O) groups is 1. The van der Waals surface area contributed by atoms with E-state index >= 15 is 0 Å². The van der Waals surface area contributed by atoms with Crippen molar-refractivity contribution < 1.29 is 9.53 Å². The lowest BCUT2D eigenvalue weighted by Gasteiger charge is -2.05. The molecular formula is C16H11BrClNO2. The highest BCUT2D eigenvalue weighted by atomic mass is 79.9. The van der Waals surface area contributed by atoms with Gasteiger partial charge in [-0.15, -0.1) is 0 Å². The highest BCUT2D eigenvalue weighted by molar-refractivity contribution is 9.10. The molecule has 3 aromatic rings. The molecule has 21 heavy (non-hydrogen) atoms. The molecular weight excluding hydrogens is 354 g/mol. The summed E-state index contributed by atoms with van der Waals surface area (Å²) in [7, 11) is 1.59. The molecule has 1 aromatic heterocycles. The van der Waals surface area contributed by atoms with Crippen LogP contribution in [0.25, 0.3) is 10.9 Å². The van der Waals surface area contributed by atoms with Crippen LogP contribution in [0.1, 0.15) is 15.9 Å². The van der Waals surface area contributed by atoms with Crippen molar-refractivity contribution in [3.8, 4) is 5.75 Å². The Kier molecular flexibility index (Phi) is 3.74. The van der Waals surface area contributed by atoms with Crippen LogP contribution in [0.4, 0.5) is 0 Å². The maximum Gasteiger partial charge on any atom is 0.195 e. The Bertz CT molecular complexity index is 841. The third-order valence-corrected chi connectivity index (χ3v) is 4.16. The first-order chi connectivity index (χ1) is 10.1. The summed E-state index contributed by atoms with van der Waals surface area (Å²) in [4.78, 5) is 15.7. The van der Waals surface area contributed by atoms with Gasteiger partial charge in [-0.3, -0.25) is 4.79 Å². The molecule has 3 nitrogen and oxygen atoms in total. The Morgan fingerprint density at radius 1 is 1.24 bits per heavy atom. The van der Waals surface area contributed by atoms with Crippen molar-refractivity contribution in [3.05, 3.63) is 63.2 Å². The largest absolute Gasteiger partial charge is 0.496 e. The van der Waals surface area contributed by atoms with Gasteiger partial charge in [-0.25, -0.2) is 0 Å². The molecule has 0 aliphatic carbocycles. The molecule has 0 fully saturated rings. The quantitative estimate of drug-likeness (QED) is 0.677. The van der Waals surface area contributed by atoms with E-state index in [1.54, 1.807) is 43.6 Å². The average molecular weight is 365 g/mol. The molecule has 2 aromatic carbocycles. The smallest absolute Gasteiger partial charge is 0.195 e. The van der Waals surface area contributed by atoms with Crippen LogP contribution >= 0.6 is 27.5 Å². The number of methoxy groups -OCH3 is 1. The lowest BCUT2D eigenvalue weighted by atomic mass is 10.0. The molecule has 3 rings (SSSR count). The van der Waals surface area contributed by atoms with Crippen molar-refractivity contribution in [1.82, 2.24) is 4.98 Å². The first-order valence-electron chi connectivity index (χ1n) is 6.25. The highest BCUT2D eigenvalue weighted by Crippen LogP contribution is 2.28. The van der Waals surface area contributed by atoms with E-state index in [0.717, 1.165) is 15.4 Å². The van der Waals surface area contributed by atoms with E-state index in [2.05, 4.69) is 20.9 Å². The minimum atomic E-state index is -0.0491. The minimum Gasteiger partial charge on any atom is -0.496 e. The number of fused-ring (bicyclic) bond motifs is 1. The maximum atomic E-state index is 12.6. The van der Waals surface area contributed by atoms with Crippen molar-refractivity contribution in [2.45, 2.75) is 0 Å². The van der Waals surface area contributed by atoms with Gasteiger partial charge < -0.3 is 9.72 Å². The third kappa shape index (κ3) is 2.57. The lowest BCUT2D eigenvalue weighted by molar-refractivity contribution is 0.104. The first kappa shape index (κ1) is 14.2. The number of rotatable bonds is 3. The second-order valence-corrected chi connectivity index (χ2v) is 5.86. The number of benzene rings is 2. The second kappa shape index (κ2) is 5.54. The number of nitrogens with one attached hydrogen (secondary N) is 1. The topological polar surface area (TPSA) is 42.1 Å². The second-order valence-electron chi connectivity index (χ2n) is 4.57. The molecule has 1 N–H and O–H groups in total. The highest BCUT2D eigenvalue weighted by Gasteiger charge is 2.15. The number of aromatic amines is 1. The Morgan fingerprint density at radius 3 is 2.76 bits per heavy atom. The van der Waals surface area contributed by atoms with Crippen LogP contribution in [-0.2, 0) is 0 Å². The number of H-pyrrole nitrogens is 1. The Labute approximate surface area is 135 Å². The van der Waals surface area contributed by atoms with Gasteiger partial charge in [0.2, 0.25) is 0 Å². The van der Waals surface area contributed by atoms with Crippen LogP contribution in [0.2, 0.25) is 5.02 Å². The van der Waals surface area contributed by atoms with Gasteiger partial charge in [0, 0.05) is 33.2 Å². The summed E-state index contributed by atoms with van der Waals surface area (Å²) in [5.41, 5.74) is 2.07. The SMILES string of the molecule is COc1ccc(C(=O)c2c[nH]c3cc(Cl)ccc23)cc1Br. The van der Waals surface area contributed by atoms with Crippen LogP contribution in [0, 0.1) is 0 Å². The number of hydrogen-bond donors (Lipinski definition) is 1. The van der Waals surface area contributed by atoms with Gasteiger partial charge in [0.15, 0.2) is 5.78 Å². The van der Waals surface area contributed by atoms with Crippen LogP contribution in [0.5, 0.6) is 5.75 Å². The van der Waals surface area contributed by atoms with Crippen molar-refractivity contribution >= 4 is 44.2 Å². The van der Waals surface area contributed by atoms with Crippen molar-refractivity contribution in [2.24, 2.45) is 0 Å². The molecule has 0 atom stereocenters.